The second-order valence-corrected chi connectivity index (χ2v) is 5.27. The molecule has 1 saturated heterocycles. The minimum Gasteiger partial charge on any atom is -0.394 e. The molecule has 0 aliphatic carbocycles. The Labute approximate surface area is 118 Å². The number of hydrogen-bond acceptors (Lipinski definition) is 6. The Hall–Kier alpha value is -1.73. The number of nitrogens with one attached hydrogen (secondary N) is 1. The predicted molar refractivity (Wildman–Crippen MR) is 75.1 cm³/mol. The zero-order valence-corrected chi connectivity index (χ0v) is 11.8. The molecule has 1 aromatic rings. The molecule has 2 heterocycles. The quantitative estimate of drug-likeness (QED) is 0.547. The van der Waals surface area contributed by atoms with Gasteiger partial charge in [-0.3, -0.25) is 10.6 Å². The topological polar surface area (TPSA) is 104 Å². The van der Waals surface area contributed by atoms with Crippen molar-refractivity contribution in [3.63, 3.8) is 0 Å². The third kappa shape index (κ3) is 2.73. The van der Waals surface area contributed by atoms with E-state index in [0.29, 0.717) is 18.1 Å². The summed E-state index contributed by atoms with van der Waals surface area (Å²) >= 11 is 0. The Morgan fingerprint density at radius 2 is 2.40 bits per heavy atom. The average Bonchev–Trinajstić information content (AvgIpc) is 2.94. The standard InChI is InChI=1S/C13H21N5O2/c1-8(2)12-15-6-10(17-14)11(16-12)13(20)18-5-3-4-9(18)7-19/h6,8-9,17,19H,3-5,7,14H2,1-2H3. The second kappa shape index (κ2) is 6.15. The van der Waals surface area contributed by atoms with Gasteiger partial charge in [0.2, 0.25) is 0 Å². The number of nitrogen functional groups attached to an aromatic ring is 1. The smallest absolute Gasteiger partial charge is 0.275 e. The molecule has 1 aliphatic rings. The largest absolute Gasteiger partial charge is 0.394 e. The first-order chi connectivity index (χ1) is 9.58. The van der Waals surface area contributed by atoms with E-state index in [1.807, 2.05) is 13.8 Å². The van der Waals surface area contributed by atoms with Gasteiger partial charge < -0.3 is 15.4 Å². The van der Waals surface area contributed by atoms with Gasteiger partial charge in [-0.15, -0.1) is 0 Å². The zero-order chi connectivity index (χ0) is 14.7. The maximum absolute atomic E-state index is 12.6. The number of nitrogens with zero attached hydrogens (tertiary/aromatic N) is 3. The fourth-order valence-electron chi connectivity index (χ4n) is 2.37. The van der Waals surface area contributed by atoms with Gasteiger partial charge in [-0.25, -0.2) is 9.97 Å². The maximum atomic E-state index is 12.6. The Kier molecular flexibility index (Phi) is 4.51. The Bertz CT molecular complexity index is 492. The molecule has 0 aromatic carbocycles. The molecular weight excluding hydrogens is 258 g/mol. The van der Waals surface area contributed by atoms with Gasteiger partial charge in [0.25, 0.3) is 5.91 Å². The minimum atomic E-state index is -0.209. The fraction of sp³-hybridized carbons (Fsp3) is 0.615. The molecule has 0 saturated carbocycles. The molecule has 1 amide bonds. The van der Waals surface area contributed by atoms with Crippen molar-refractivity contribution >= 4 is 11.6 Å². The summed E-state index contributed by atoms with van der Waals surface area (Å²) in [5.41, 5.74) is 3.14. The number of amides is 1. The third-order valence-corrected chi connectivity index (χ3v) is 3.53. The summed E-state index contributed by atoms with van der Waals surface area (Å²) in [6.07, 6.45) is 3.24. The monoisotopic (exact) mass is 279 g/mol. The van der Waals surface area contributed by atoms with Crippen molar-refractivity contribution in [1.29, 1.82) is 0 Å². The van der Waals surface area contributed by atoms with E-state index < -0.39 is 0 Å². The Morgan fingerprint density at radius 3 is 3.00 bits per heavy atom. The molecule has 1 fully saturated rings. The number of rotatable bonds is 4. The van der Waals surface area contributed by atoms with Gasteiger partial charge in [-0.05, 0) is 12.8 Å². The summed E-state index contributed by atoms with van der Waals surface area (Å²) in [5.74, 6) is 5.95. The molecule has 7 nitrogen and oxygen atoms in total. The van der Waals surface area contributed by atoms with Gasteiger partial charge in [0.1, 0.15) is 5.82 Å². The van der Waals surface area contributed by atoms with Crippen LogP contribution in [0.25, 0.3) is 0 Å². The van der Waals surface area contributed by atoms with Crippen molar-refractivity contribution in [3.8, 4) is 0 Å². The van der Waals surface area contributed by atoms with E-state index in [2.05, 4.69) is 15.4 Å². The molecule has 20 heavy (non-hydrogen) atoms. The molecule has 0 radical (unpaired) electrons. The lowest BCUT2D eigenvalue weighted by atomic mass is 10.2. The number of aliphatic hydroxyl groups is 1. The zero-order valence-electron chi connectivity index (χ0n) is 11.8. The summed E-state index contributed by atoms with van der Waals surface area (Å²) in [6, 6.07) is -0.134. The van der Waals surface area contributed by atoms with Crippen molar-refractivity contribution in [3.05, 3.63) is 17.7 Å². The molecule has 110 valence electrons. The van der Waals surface area contributed by atoms with E-state index in [1.165, 1.54) is 6.20 Å². The number of aliphatic hydroxyl groups excluding tert-OH is 1. The first-order valence-corrected chi connectivity index (χ1v) is 6.83. The molecule has 1 unspecified atom stereocenters. The molecule has 7 heteroatoms. The average molecular weight is 279 g/mol. The minimum absolute atomic E-state index is 0.0285. The van der Waals surface area contributed by atoms with E-state index >= 15 is 0 Å². The number of hydrazine groups is 1. The first-order valence-electron chi connectivity index (χ1n) is 6.83. The van der Waals surface area contributed by atoms with E-state index in [4.69, 9.17) is 5.84 Å². The van der Waals surface area contributed by atoms with Crippen LogP contribution in [0, 0.1) is 0 Å². The van der Waals surface area contributed by atoms with E-state index in [9.17, 15) is 9.90 Å². The van der Waals surface area contributed by atoms with E-state index in [-0.39, 0.29) is 30.2 Å². The number of aromatic nitrogens is 2. The van der Waals surface area contributed by atoms with Gasteiger partial charge in [-0.2, -0.15) is 0 Å². The number of anilines is 1. The SMILES string of the molecule is CC(C)c1ncc(NN)c(C(=O)N2CCCC2CO)n1. The lowest BCUT2D eigenvalue weighted by molar-refractivity contribution is 0.0672. The third-order valence-electron chi connectivity index (χ3n) is 3.53. The molecule has 2 rings (SSSR count). The highest BCUT2D eigenvalue weighted by atomic mass is 16.3. The lowest BCUT2D eigenvalue weighted by Crippen LogP contribution is -2.38. The molecule has 0 spiro atoms. The van der Waals surface area contributed by atoms with Crippen LogP contribution in [-0.4, -0.2) is 45.1 Å². The van der Waals surface area contributed by atoms with Crippen LogP contribution in [0.2, 0.25) is 0 Å². The van der Waals surface area contributed by atoms with Crippen LogP contribution in [0.15, 0.2) is 6.20 Å². The van der Waals surface area contributed by atoms with Crippen LogP contribution in [-0.2, 0) is 0 Å². The van der Waals surface area contributed by atoms with Gasteiger partial charge in [-0.1, -0.05) is 13.8 Å². The summed E-state index contributed by atoms with van der Waals surface area (Å²) in [7, 11) is 0. The van der Waals surface area contributed by atoms with Crippen molar-refractivity contribution in [2.24, 2.45) is 5.84 Å². The van der Waals surface area contributed by atoms with Crippen LogP contribution >= 0.6 is 0 Å². The number of carbonyl (C=O) groups excluding carboxylic acids is 1. The highest BCUT2D eigenvalue weighted by molar-refractivity contribution is 5.97. The van der Waals surface area contributed by atoms with E-state index in [1.54, 1.807) is 4.90 Å². The number of carbonyl (C=O) groups is 1. The molecule has 4 N–H and O–H groups in total. The molecule has 1 atom stereocenters. The van der Waals surface area contributed by atoms with Crippen molar-refractivity contribution in [1.82, 2.24) is 14.9 Å². The van der Waals surface area contributed by atoms with Gasteiger partial charge in [0, 0.05) is 12.5 Å². The van der Waals surface area contributed by atoms with Crippen LogP contribution in [0.4, 0.5) is 5.69 Å². The van der Waals surface area contributed by atoms with Crippen molar-refractivity contribution in [2.45, 2.75) is 38.6 Å². The molecule has 1 aromatic heterocycles. The van der Waals surface area contributed by atoms with Crippen LogP contribution < -0.4 is 11.3 Å². The molecular formula is C13H21N5O2. The normalized spacial score (nSPS) is 18.6. The highest BCUT2D eigenvalue weighted by Crippen LogP contribution is 2.23. The number of nitrogens with two attached hydrogens (primary N) is 1. The Morgan fingerprint density at radius 1 is 1.65 bits per heavy atom. The van der Waals surface area contributed by atoms with Gasteiger partial charge in [0.15, 0.2) is 5.69 Å². The van der Waals surface area contributed by atoms with Crippen LogP contribution in [0.3, 0.4) is 0 Å². The summed E-state index contributed by atoms with van der Waals surface area (Å²) in [4.78, 5) is 22.8. The molecule has 1 aliphatic heterocycles. The first kappa shape index (κ1) is 14.7. The predicted octanol–water partition coefficient (Wildman–Crippen LogP) is 0.482. The van der Waals surface area contributed by atoms with Crippen molar-refractivity contribution < 1.29 is 9.90 Å². The van der Waals surface area contributed by atoms with Crippen LogP contribution in [0.1, 0.15) is 48.9 Å². The lowest BCUT2D eigenvalue weighted by Gasteiger charge is -2.23. The summed E-state index contributed by atoms with van der Waals surface area (Å²) in [6.45, 7) is 4.53. The maximum Gasteiger partial charge on any atom is 0.275 e. The summed E-state index contributed by atoms with van der Waals surface area (Å²) < 4.78 is 0. The fourth-order valence-corrected chi connectivity index (χ4v) is 2.37. The van der Waals surface area contributed by atoms with Gasteiger partial charge >= 0.3 is 0 Å². The van der Waals surface area contributed by atoms with Crippen LogP contribution in [0.5, 0.6) is 0 Å². The van der Waals surface area contributed by atoms with Crippen molar-refractivity contribution in [2.75, 3.05) is 18.6 Å². The molecule has 0 bridgehead atoms. The number of likely N-dealkylation sites (tertiary alicyclic amines) is 1. The number of hydrogen-bond donors (Lipinski definition) is 3. The summed E-state index contributed by atoms with van der Waals surface area (Å²) in [5, 5.41) is 9.33. The second-order valence-electron chi connectivity index (χ2n) is 5.27. The van der Waals surface area contributed by atoms with Gasteiger partial charge in [0.05, 0.1) is 24.5 Å². The highest BCUT2D eigenvalue weighted by Gasteiger charge is 2.31. The van der Waals surface area contributed by atoms with E-state index in [0.717, 1.165) is 12.8 Å². The Balaban J connectivity index is 2.34.